The third kappa shape index (κ3) is 8.98. The molecule has 1 N–H and O–H groups in total. The molecule has 39 heavy (non-hydrogen) atoms. The molecule has 3 aromatic carbocycles. The van der Waals surface area contributed by atoms with Gasteiger partial charge in [0.25, 0.3) is 0 Å². The van der Waals surface area contributed by atoms with Crippen LogP contribution < -0.4 is 9.62 Å². The number of rotatable bonds is 10. The van der Waals surface area contributed by atoms with Gasteiger partial charge in [0, 0.05) is 23.5 Å². The zero-order valence-electron chi connectivity index (χ0n) is 22.4. The van der Waals surface area contributed by atoms with Crippen molar-refractivity contribution in [2.24, 2.45) is 0 Å². The van der Waals surface area contributed by atoms with Gasteiger partial charge in [-0.3, -0.25) is 13.9 Å². The molecular weight excluding hydrogens is 557 g/mol. The summed E-state index contributed by atoms with van der Waals surface area (Å²) in [6.07, 6.45) is 1.23. The summed E-state index contributed by atoms with van der Waals surface area (Å²) in [5.41, 5.74) is 1.16. The second-order valence-electron chi connectivity index (χ2n) is 10.3. The lowest BCUT2D eigenvalue weighted by Crippen LogP contribution is -2.56. The van der Waals surface area contributed by atoms with E-state index in [1.165, 1.54) is 11.0 Å². The molecule has 10 heteroatoms. The highest BCUT2D eigenvalue weighted by atomic mass is 35.5. The highest BCUT2D eigenvalue weighted by Gasteiger charge is 2.34. The van der Waals surface area contributed by atoms with Crippen molar-refractivity contribution in [1.29, 1.82) is 0 Å². The molecule has 0 heterocycles. The van der Waals surface area contributed by atoms with Crippen LogP contribution in [0.4, 0.5) is 5.69 Å². The van der Waals surface area contributed by atoms with Crippen LogP contribution in [-0.2, 0) is 32.6 Å². The molecule has 0 unspecified atom stereocenters. The molecule has 0 aliphatic carbocycles. The summed E-state index contributed by atoms with van der Waals surface area (Å²) in [5, 5.41) is 3.65. The van der Waals surface area contributed by atoms with Crippen LogP contribution in [0.2, 0.25) is 10.0 Å². The molecule has 208 valence electrons. The van der Waals surface area contributed by atoms with E-state index in [0.717, 1.165) is 16.1 Å². The van der Waals surface area contributed by atoms with Gasteiger partial charge in [-0.2, -0.15) is 0 Å². The summed E-state index contributed by atoms with van der Waals surface area (Å²) in [7, 11) is -3.90. The lowest BCUT2D eigenvalue weighted by atomic mass is 10.0. The highest BCUT2D eigenvalue weighted by molar-refractivity contribution is 7.92. The molecule has 1 atom stereocenters. The monoisotopic (exact) mass is 589 g/mol. The molecule has 0 bridgehead atoms. The number of carbonyl (C=O) groups is 2. The quantitative estimate of drug-likeness (QED) is 0.347. The fourth-order valence-electron chi connectivity index (χ4n) is 4.09. The average molecular weight is 591 g/mol. The molecule has 0 aromatic heterocycles. The second-order valence-corrected chi connectivity index (χ2v) is 13.1. The molecule has 0 fully saturated rings. The number of para-hydroxylation sites is 1. The number of nitrogens with one attached hydrogen (secondary N) is 1. The normalized spacial score (nSPS) is 12.5. The predicted octanol–water partition coefficient (Wildman–Crippen LogP) is 5.31. The van der Waals surface area contributed by atoms with Crippen LogP contribution in [0.15, 0.2) is 78.9 Å². The van der Waals surface area contributed by atoms with Crippen LogP contribution in [-0.4, -0.2) is 49.5 Å². The Hall–Kier alpha value is -3.07. The van der Waals surface area contributed by atoms with Crippen LogP contribution in [0.25, 0.3) is 0 Å². The van der Waals surface area contributed by atoms with E-state index in [4.69, 9.17) is 23.2 Å². The minimum Gasteiger partial charge on any atom is -0.350 e. The lowest BCUT2D eigenvalue weighted by Gasteiger charge is -2.35. The van der Waals surface area contributed by atoms with Gasteiger partial charge in [-0.15, -0.1) is 0 Å². The Kier molecular flexibility index (Phi) is 10.0. The minimum atomic E-state index is -3.90. The zero-order chi connectivity index (χ0) is 28.8. The number of carbonyl (C=O) groups excluding carboxylic acids is 2. The fraction of sp³-hybridized carbons (Fsp3) is 0.310. The van der Waals surface area contributed by atoms with E-state index < -0.39 is 34.1 Å². The fourth-order valence-corrected chi connectivity index (χ4v) is 5.45. The van der Waals surface area contributed by atoms with Gasteiger partial charge in [-0.05, 0) is 56.2 Å². The van der Waals surface area contributed by atoms with Gasteiger partial charge in [0.1, 0.15) is 12.6 Å². The largest absolute Gasteiger partial charge is 0.350 e. The summed E-state index contributed by atoms with van der Waals surface area (Å²) in [5.74, 6) is -0.921. The summed E-state index contributed by atoms with van der Waals surface area (Å²) >= 11 is 12.5. The number of halogens is 2. The molecule has 2 amide bonds. The number of anilines is 1. The van der Waals surface area contributed by atoms with Crippen LogP contribution >= 0.6 is 23.2 Å². The Labute approximate surface area is 240 Å². The summed E-state index contributed by atoms with van der Waals surface area (Å²) in [6, 6.07) is 21.8. The number of sulfonamides is 1. The van der Waals surface area contributed by atoms with Crippen LogP contribution in [0.1, 0.15) is 31.9 Å². The van der Waals surface area contributed by atoms with Gasteiger partial charge in [0.15, 0.2) is 0 Å². The molecule has 0 aliphatic heterocycles. The third-order valence-corrected chi connectivity index (χ3v) is 7.49. The number of hydrogen-bond donors (Lipinski definition) is 1. The van der Waals surface area contributed by atoms with E-state index in [2.05, 4.69) is 5.32 Å². The Balaban J connectivity index is 2.09. The minimum absolute atomic E-state index is 0.0363. The Morgan fingerprint density at radius 3 is 2.10 bits per heavy atom. The van der Waals surface area contributed by atoms with Crippen molar-refractivity contribution in [2.45, 2.75) is 45.3 Å². The van der Waals surface area contributed by atoms with E-state index in [1.807, 2.05) is 51.1 Å². The van der Waals surface area contributed by atoms with Gasteiger partial charge < -0.3 is 10.2 Å². The summed E-state index contributed by atoms with van der Waals surface area (Å²) in [6.45, 7) is 5.06. The SMILES string of the molecule is CC(C)(C)NC(=O)[C@@H](Cc1ccccc1)N(Cc1cccc(Cl)c1)C(=O)CN(c1ccccc1Cl)S(C)(=O)=O. The molecule has 0 saturated heterocycles. The van der Waals surface area contributed by atoms with E-state index in [-0.39, 0.29) is 29.6 Å². The van der Waals surface area contributed by atoms with Crippen molar-refractivity contribution in [2.75, 3.05) is 17.1 Å². The van der Waals surface area contributed by atoms with Crippen molar-refractivity contribution in [3.63, 3.8) is 0 Å². The number of amides is 2. The van der Waals surface area contributed by atoms with Crippen LogP contribution in [0.5, 0.6) is 0 Å². The Bertz CT molecular complexity index is 1410. The zero-order valence-corrected chi connectivity index (χ0v) is 24.7. The predicted molar refractivity (Wildman–Crippen MR) is 157 cm³/mol. The van der Waals surface area contributed by atoms with Gasteiger partial charge in [0.05, 0.1) is 17.0 Å². The maximum absolute atomic E-state index is 14.0. The topological polar surface area (TPSA) is 86.8 Å². The maximum atomic E-state index is 14.0. The van der Waals surface area contributed by atoms with Crippen LogP contribution in [0, 0.1) is 0 Å². The van der Waals surface area contributed by atoms with Crippen molar-refractivity contribution < 1.29 is 18.0 Å². The van der Waals surface area contributed by atoms with Gasteiger partial charge in [-0.1, -0.05) is 77.8 Å². The standard InChI is InChI=1S/C29H33Cl2N3O4S/c1-29(2,3)32-28(36)26(18-21-11-6-5-7-12-21)33(19-22-13-10-14-23(30)17-22)27(35)20-34(39(4,37)38)25-16-9-8-15-24(25)31/h5-17,26H,18-20H2,1-4H3,(H,32,36)/t26-/m1/s1. The first kappa shape index (κ1) is 30.5. The maximum Gasteiger partial charge on any atom is 0.244 e. The van der Waals surface area contributed by atoms with E-state index in [1.54, 1.807) is 42.5 Å². The Morgan fingerprint density at radius 1 is 0.897 bits per heavy atom. The van der Waals surface area contributed by atoms with Gasteiger partial charge >= 0.3 is 0 Å². The molecular formula is C29H33Cl2N3O4S. The summed E-state index contributed by atoms with van der Waals surface area (Å²) in [4.78, 5) is 29.1. The second kappa shape index (κ2) is 12.9. The van der Waals surface area contributed by atoms with E-state index >= 15 is 0 Å². The molecule has 3 aromatic rings. The summed E-state index contributed by atoms with van der Waals surface area (Å²) < 4.78 is 26.6. The average Bonchev–Trinajstić information content (AvgIpc) is 2.84. The van der Waals surface area contributed by atoms with Gasteiger partial charge in [0.2, 0.25) is 21.8 Å². The first-order valence-corrected chi connectivity index (χ1v) is 15.0. The first-order valence-electron chi connectivity index (χ1n) is 12.4. The molecule has 3 rings (SSSR count). The number of hydrogen-bond acceptors (Lipinski definition) is 4. The van der Waals surface area contributed by atoms with Crippen molar-refractivity contribution in [3.8, 4) is 0 Å². The molecule has 7 nitrogen and oxygen atoms in total. The van der Waals surface area contributed by atoms with Crippen LogP contribution in [0.3, 0.4) is 0 Å². The molecule has 0 spiro atoms. The number of benzene rings is 3. The van der Waals surface area contributed by atoms with Crippen molar-refractivity contribution in [1.82, 2.24) is 10.2 Å². The lowest BCUT2D eigenvalue weighted by molar-refractivity contribution is -0.140. The first-order chi connectivity index (χ1) is 18.2. The number of nitrogens with zero attached hydrogens (tertiary/aromatic N) is 2. The highest BCUT2D eigenvalue weighted by Crippen LogP contribution is 2.28. The van der Waals surface area contributed by atoms with E-state index in [9.17, 15) is 18.0 Å². The Morgan fingerprint density at radius 2 is 1.51 bits per heavy atom. The van der Waals surface area contributed by atoms with E-state index in [0.29, 0.717) is 10.6 Å². The molecule has 0 aliphatic rings. The molecule has 0 radical (unpaired) electrons. The third-order valence-electron chi connectivity index (χ3n) is 5.81. The van der Waals surface area contributed by atoms with Gasteiger partial charge in [-0.25, -0.2) is 8.42 Å². The molecule has 0 saturated carbocycles. The van der Waals surface area contributed by atoms with Crippen molar-refractivity contribution in [3.05, 3.63) is 100 Å². The van der Waals surface area contributed by atoms with Crippen molar-refractivity contribution >= 4 is 50.7 Å². The smallest absolute Gasteiger partial charge is 0.244 e.